The van der Waals surface area contributed by atoms with Crippen molar-refractivity contribution in [2.45, 2.75) is 26.9 Å². The van der Waals surface area contributed by atoms with Gasteiger partial charge in [0.25, 0.3) is 0 Å². The van der Waals surface area contributed by atoms with E-state index in [2.05, 4.69) is 10.9 Å². The van der Waals surface area contributed by atoms with Crippen LogP contribution in [0, 0.1) is 12.8 Å². The van der Waals surface area contributed by atoms with Gasteiger partial charge in [0, 0.05) is 40.3 Å². The molecule has 0 unspecified atom stereocenters. The first-order valence-electron chi connectivity index (χ1n) is 11.6. The Balaban J connectivity index is 1.37. The minimum absolute atomic E-state index is 0.0715. The normalized spacial score (nSPS) is 15.1. The Hall–Kier alpha value is -3.42. The van der Waals surface area contributed by atoms with Crippen LogP contribution in [-0.4, -0.2) is 25.0 Å². The standard InChI is InChI=1S/C27H27Cl2N3O4/c1-3-35-25-14-19(9-12-24(25)36-16-21-22(28)5-4-6-23(21)29)30-31-27(34)18-13-26(33)32(15-18)20-10-7-17(2)8-11-20/h4-12,14,18,30H,3,13,15-16H2,1-2H3,(H,31,34)/t18-/m1/s1. The lowest BCUT2D eigenvalue weighted by atomic mass is 10.1. The maximum absolute atomic E-state index is 12.8. The minimum Gasteiger partial charge on any atom is -0.490 e. The second-order valence-corrected chi connectivity index (χ2v) is 9.25. The smallest absolute Gasteiger partial charge is 0.243 e. The third kappa shape index (κ3) is 6.04. The zero-order valence-electron chi connectivity index (χ0n) is 20.0. The summed E-state index contributed by atoms with van der Waals surface area (Å²) < 4.78 is 11.6. The van der Waals surface area contributed by atoms with E-state index < -0.39 is 5.92 Å². The van der Waals surface area contributed by atoms with Crippen molar-refractivity contribution >= 4 is 46.4 Å². The number of benzene rings is 3. The van der Waals surface area contributed by atoms with Crippen LogP contribution in [0.25, 0.3) is 0 Å². The maximum atomic E-state index is 12.8. The van der Waals surface area contributed by atoms with Crippen molar-refractivity contribution in [1.29, 1.82) is 0 Å². The molecule has 4 rings (SSSR count). The van der Waals surface area contributed by atoms with E-state index in [1.165, 1.54) is 0 Å². The van der Waals surface area contributed by atoms with Crippen LogP contribution in [0.1, 0.15) is 24.5 Å². The number of hydrogen-bond acceptors (Lipinski definition) is 5. The van der Waals surface area contributed by atoms with Crippen molar-refractivity contribution in [2.75, 3.05) is 23.5 Å². The molecule has 188 valence electrons. The van der Waals surface area contributed by atoms with Crippen LogP contribution in [0.5, 0.6) is 11.5 Å². The first-order valence-corrected chi connectivity index (χ1v) is 12.4. The largest absolute Gasteiger partial charge is 0.490 e. The number of nitrogens with zero attached hydrogens (tertiary/aromatic N) is 1. The molecule has 3 aromatic carbocycles. The van der Waals surface area contributed by atoms with Gasteiger partial charge in [0.1, 0.15) is 6.61 Å². The molecule has 2 N–H and O–H groups in total. The Morgan fingerprint density at radius 2 is 1.75 bits per heavy atom. The third-order valence-corrected chi connectivity index (χ3v) is 6.56. The molecule has 1 aliphatic heterocycles. The summed E-state index contributed by atoms with van der Waals surface area (Å²) in [5.41, 5.74) is 8.81. The molecule has 1 aliphatic rings. The second-order valence-electron chi connectivity index (χ2n) is 8.44. The molecule has 3 aromatic rings. The summed E-state index contributed by atoms with van der Waals surface area (Å²) in [6, 6.07) is 18.2. The summed E-state index contributed by atoms with van der Waals surface area (Å²) in [6.45, 7) is 4.79. The van der Waals surface area contributed by atoms with Crippen molar-refractivity contribution in [3.63, 3.8) is 0 Å². The van der Waals surface area contributed by atoms with Gasteiger partial charge in [-0.05, 0) is 50.2 Å². The highest BCUT2D eigenvalue weighted by atomic mass is 35.5. The highest BCUT2D eigenvalue weighted by Crippen LogP contribution is 2.33. The van der Waals surface area contributed by atoms with E-state index in [9.17, 15) is 9.59 Å². The van der Waals surface area contributed by atoms with Crippen LogP contribution in [0.2, 0.25) is 10.0 Å². The molecule has 1 heterocycles. The first kappa shape index (κ1) is 25.7. The Kier molecular flexibility index (Phi) is 8.23. The van der Waals surface area contributed by atoms with Crippen LogP contribution < -0.4 is 25.2 Å². The van der Waals surface area contributed by atoms with E-state index in [0.29, 0.717) is 45.9 Å². The van der Waals surface area contributed by atoms with Gasteiger partial charge >= 0.3 is 0 Å². The molecule has 9 heteroatoms. The molecule has 0 radical (unpaired) electrons. The predicted molar refractivity (Wildman–Crippen MR) is 142 cm³/mol. The number of hydrogen-bond donors (Lipinski definition) is 2. The quantitative estimate of drug-likeness (QED) is 0.345. The molecule has 36 heavy (non-hydrogen) atoms. The summed E-state index contributed by atoms with van der Waals surface area (Å²) in [5.74, 6) is 0.226. The molecule has 1 fully saturated rings. The van der Waals surface area contributed by atoms with Gasteiger partial charge in [-0.2, -0.15) is 0 Å². The average molecular weight is 528 g/mol. The number of carbonyl (C=O) groups is 2. The van der Waals surface area contributed by atoms with Gasteiger partial charge in [0.05, 0.1) is 18.2 Å². The lowest BCUT2D eigenvalue weighted by molar-refractivity contribution is -0.125. The van der Waals surface area contributed by atoms with E-state index in [-0.39, 0.29) is 24.8 Å². The van der Waals surface area contributed by atoms with Crippen LogP contribution >= 0.6 is 23.2 Å². The molecule has 7 nitrogen and oxygen atoms in total. The zero-order valence-corrected chi connectivity index (χ0v) is 21.5. The fourth-order valence-electron chi connectivity index (χ4n) is 3.89. The highest BCUT2D eigenvalue weighted by Gasteiger charge is 2.35. The number of rotatable bonds is 9. The fourth-order valence-corrected chi connectivity index (χ4v) is 4.39. The van der Waals surface area contributed by atoms with Gasteiger partial charge in [-0.3, -0.25) is 20.4 Å². The molecule has 1 saturated heterocycles. The average Bonchev–Trinajstić information content (AvgIpc) is 3.25. The molecule has 0 aliphatic carbocycles. The van der Waals surface area contributed by atoms with E-state index in [1.54, 1.807) is 41.3 Å². The Labute approximate surface area is 220 Å². The monoisotopic (exact) mass is 527 g/mol. The van der Waals surface area contributed by atoms with Crippen molar-refractivity contribution < 1.29 is 19.1 Å². The van der Waals surface area contributed by atoms with E-state index in [1.807, 2.05) is 38.1 Å². The predicted octanol–water partition coefficient (Wildman–Crippen LogP) is 5.78. The van der Waals surface area contributed by atoms with E-state index in [0.717, 1.165) is 11.3 Å². The van der Waals surface area contributed by atoms with Gasteiger partial charge in [0.2, 0.25) is 11.8 Å². The van der Waals surface area contributed by atoms with E-state index in [4.69, 9.17) is 32.7 Å². The molecule has 1 atom stereocenters. The number of nitrogens with one attached hydrogen (secondary N) is 2. The summed E-state index contributed by atoms with van der Waals surface area (Å²) in [6.07, 6.45) is 0.156. The highest BCUT2D eigenvalue weighted by molar-refractivity contribution is 6.35. The molecule has 2 amide bonds. The third-order valence-electron chi connectivity index (χ3n) is 5.85. The number of amides is 2. The van der Waals surface area contributed by atoms with Gasteiger partial charge < -0.3 is 14.4 Å². The SMILES string of the molecule is CCOc1cc(NNC(=O)[C@@H]2CC(=O)N(c3ccc(C)cc3)C2)ccc1OCc1c(Cl)cccc1Cl. The van der Waals surface area contributed by atoms with Crippen molar-refractivity contribution in [1.82, 2.24) is 5.43 Å². The maximum Gasteiger partial charge on any atom is 0.243 e. The molecule has 0 saturated carbocycles. The first-order chi connectivity index (χ1) is 17.4. The summed E-state index contributed by atoms with van der Waals surface area (Å²) >= 11 is 12.5. The lowest BCUT2D eigenvalue weighted by Crippen LogP contribution is -2.36. The van der Waals surface area contributed by atoms with Crippen LogP contribution in [0.3, 0.4) is 0 Å². The summed E-state index contributed by atoms with van der Waals surface area (Å²) in [7, 11) is 0. The van der Waals surface area contributed by atoms with Gasteiger partial charge in [0.15, 0.2) is 11.5 Å². The summed E-state index contributed by atoms with van der Waals surface area (Å²) in [4.78, 5) is 26.9. The fraction of sp³-hybridized carbons (Fsp3) is 0.259. The van der Waals surface area contributed by atoms with E-state index >= 15 is 0 Å². The Bertz CT molecular complexity index is 1230. The van der Waals surface area contributed by atoms with Gasteiger partial charge in [-0.15, -0.1) is 0 Å². The number of ether oxygens (including phenoxy) is 2. The molecular weight excluding hydrogens is 501 g/mol. The number of aryl methyl sites for hydroxylation is 1. The van der Waals surface area contributed by atoms with Gasteiger partial charge in [-0.25, -0.2) is 0 Å². The summed E-state index contributed by atoms with van der Waals surface area (Å²) in [5, 5.41) is 1.04. The number of anilines is 2. The molecular formula is C27H27Cl2N3O4. The number of carbonyl (C=O) groups excluding carboxylic acids is 2. The second kappa shape index (κ2) is 11.5. The Morgan fingerprint density at radius 1 is 1.03 bits per heavy atom. The van der Waals surface area contributed by atoms with Crippen LogP contribution in [0.15, 0.2) is 60.7 Å². The molecule has 0 bridgehead atoms. The number of halogens is 2. The topological polar surface area (TPSA) is 79.9 Å². The lowest BCUT2D eigenvalue weighted by Gasteiger charge is -2.18. The van der Waals surface area contributed by atoms with Crippen LogP contribution in [-0.2, 0) is 16.2 Å². The van der Waals surface area contributed by atoms with Crippen molar-refractivity contribution in [3.05, 3.63) is 81.8 Å². The van der Waals surface area contributed by atoms with Crippen molar-refractivity contribution in [2.24, 2.45) is 5.92 Å². The Morgan fingerprint density at radius 3 is 2.44 bits per heavy atom. The molecule has 0 aromatic heterocycles. The van der Waals surface area contributed by atoms with Crippen molar-refractivity contribution in [3.8, 4) is 11.5 Å². The van der Waals surface area contributed by atoms with Crippen LogP contribution in [0.4, 0.5) is 11.4 Å². The number of hydrazine groups is 1. The zero-order chi connectivity index (χ0) is 25.7. The van der Waals surface area contributed by atoms with Gasteiger partial charge in [-0.1, -0.05) is 47.0 Å². The minimum atomic E-state index is -0.458. The molecule has 0 spiro atoms.